The van der Waals surface area contributed by atoms with Crippen LogP contribution in [0.5, 0.6) is 0 Å². The average Bonchev–Trinajstić information content (AvgIpc) is 2.84. The second-order valence-corrected chi connectivity index (χ2v) is 10.3. The van der Waals surface area contributed by atoms with E-state index in [4.69, 9.17) is 11.6 Å². The van der Waals surface area contributed by atoms with E-state index in [1.54, 1.807) is 30.5 Å². The van der Waals surface area contributed by atoms with E-state index in [1.165, 1.54) is 16.4 Å². The SMILES string of the molecule is N#Cc1cccnc1N1CCN(C(=O)C2CCN(S(=O)(=O)c3ccc(Cl)cc3)CC2)CC1. The molecule has 3 heterocycles. The Morgan fingerprint density at radius 2 is 1.69 bits per heavy atom. The summed E-state index contributed by atoms with van der Waals surface area (Å²) < 4.78 is 27.2. The van der Waals surface area contributed by atoms with Gasteiger partial charge in [0, 0.05) is 56.4 Å². The molecule has 0 saturated carbocycles. The van der Waals surface area contributed by atoms with Crippen molar-refractivity contribution < 1.29 is 13.2 Å². The number of rotatable bonds is 4. The highest BCUT2D eigenvalue weighted by molar-refractivity contribution is 7.89. The lowest BCUT2D eigenvalue weighted by Gasteiger charge is -2.38. The molecule has 0 bridgehead atoms. The molecule has 2 saturated heterocycles. The summed E-state index contributed by atoms with van der Waals surface area (Å²) in [7, 11) is -3.59. The third-order valence-electron chi connectivity index (χ3n) is 6.05. The zero-order valence-electron chi connectivity index (χ0n) is 17.5. The number of hydrogen-bond donors (Lipinski definition) is 0. The van der Waals surface area contributed by atoms with Gasteiger partial charge in [0.05, 0.1) is 10.5 Å². The normalized spacial score (nSPS) is 18.4. The number of pyridine rings is 1. The van der Waals surface area contributed by atoms with E-state index in [-0.39, 0.29) is 16.7 Å². The monoisotopic (exact) mass is 473 g/mol. The van der Waals surface area contributed by atoms with Gasteiger partial charge in [-0.05, 0) is 49.2 Å². The number of nitrogens with zero attached hydrogens (tertiary/aromatic N) is 5. The number of carbonyl (C=O) groups is 1. The number of hydrogen-bond acceptors (Lipinski definition) is 6. The Balaban J connectivity index is 1.32. The highest BCUT2D eigenvalue weighted by Crippen LogP contribution is 2.27. The maximum Gasteiger partial charge on any atom is 0.243 e. The largest absolute Gasteiger partial charge is 0.352 e. The summed E-state index contributed by atoms with van der Waals surface area (Å²) in [4.78, 5) is 21.5. The van der Waals surface area contributed by atoms with Crippen molar-refractivity contribution in [1.29, 1.82) is 5.26 Å². The number of nitriles is 1. The number of carbonyl (C=O) groups excluding carboxylic acids is 1. The first-order valence-electron chi connectivity index (χ1n) is 10.5. The number of amides is 1. The molecule has 0 N–H and O–H groups in total. The number of piperazine rings is 1. The zero-order chi connectivity index (χ0) is 22.7. The predicted octanol–water partition coefficient (Wildman–Crippen LogP) is 2.36. The minimum Gasteiger partial charge on any atom is -0.352 e. The van der Waals surface area contributed by atoms with Crippen LogP contribution in [0.3, 0.4) is 0 Å². The van der Waals surface area contributed by atoms with Crippen LogP contribution >= 0.6 is 11.6 Å². The second kappa shape index (κ2) is 9.45. The van der Waals surface area contributed by atoms with Crippen molar-refractivity contribution in [2.45, 2.75) is 17.7 Å². The van der Waals surface area contributed by atoms with Gasteiger partial charge in [0.25, 0.3) is 0 Å². The molecule has 1 aromatic heterocycles. The molecule has 8 nitrogen and oxygen atoms in total. The molecule has 2 aliphatic rings. The maximum atomic E-state index is 13.0. The lowest BCUT2D eigenvalue weighted by atomic mass is 9.96. The zero-order valence-corrected chi connectivity index (χ0v) is 19.1. The Labute approximate surface area is 193 Å². The number of piperidine rings is 1. The highest BCUT2D eigenvalue weighted by atomic mass is 35.5. The molecule has 10 heteroatoms. The van der Waals surface area contributed by atoms with Crippen LogP contribution < -0.4 is 4.90 Å². The summed E-state index contributed by atoms with van der Waals surface area (Å²) in [6, 6.07) is 11.8. The quantitative estimate of drug-likeness (QED) is 0.676. The third kappa shape index (κ3) is 4.58. The van der Waals surface area contributed by atoms with Gasteiger partial charge in [-0.3, -0.25) is 4.79 Å². The first kappa shape index (κ1) is 22.5. The Morgan fingerprint density at radius 3 is 2.31 bits per heavy atom. The van der Waals surface area contributed by atoms with Crippen molar-refractivity contribution >= 4 is 33.3 Å². The lowest BCUT2D eigenvalue weighted by Crippen LogP contribution is -2.52. The third-order valence-corrected chi connectivity index (χ3v) is 8.22. The van der Waals surface area contributed by atoms with E-state index in [2.05, 4.69) is 11.1 Å². The first-order chi connectivity index (χ1) is 15.4. The standard InChI is InChI=1S/C22H24ClN5O3S/c23-19-3-5-20(6-4-19)32(30,31)28-10-7-17(8-11-28)22(29)27-14-12-26(13-15-27)21-18(16-24)2-1-9-25-21/h1-6,9,17H,7-8,10-15H2. The van der Waals surface area contributed by atoms with E-state index < -0.39 is 10.0 Å². The van der Waals surface area contributed by atoms with Crippen LogP contribution in [-0.2, 0) is 14.8 Å². The number of sulfonamides is 1. The molecule has 2 aromatic rings. The Kier molecular flexibility index (Phi) is 6.65. The fourth-order valence-electron chi connectivity index (χ4n) is 4.23. The lowest BCUT2D eigenvalue weighted by molar-refractivity contribution is -0.137. The minimum absolute atomic E-state index is 0.0784. The van der Waals surface area contributed by atoms with Gasteiger partial charge in [0.1, 0.15) is 11.9 Å². The Morgan fingerprint density at radius 1 is 1.03 bits per heavy atom. The van der Waals surface area contributed by atoms with Gasteiger partial charge >= 0.3 is 0 Å². The van der Waals surface area contributed by atoms with E-state index in [9.17, 15) is 18.5 Å². The number of benzene rings is 1. The second-order valence-electron chi connectivity index (χ2n) is 7.93. The van der Waals surface area contributed by atoms with Crippen LogP contribution in [0, 0.1) is 17.2 Å². The number of halogens is 1. The number of anilines is 1. The summed E-state index contributed by atoms with van der Waals surface area (Å²) in [5, 5.41) is 9.78. The Hall–Kier alpha value is -2.67. The van der Waals surface area contributed by atoms with Gasteiger partial charge in [-0.1, -0.05) is 11.6 Å². The van der Waals surface area contributed by atoms with Crippen LogP contribution in [0.4, 0.5) is 5.82 Å². The first-order valence-corrected chi connectivity index (χ1v) is 12.4. The van der Waals surface area contributed by atoms with Crippen LogP contribution in [0.1, 0.15) is 18.4 Å². The molecule has 4 rings (SSSR count). The number of aromatic nitrogens is 1. The van der Waals surface area contributed by atoms with E-state index in [0.717, 1.165) is 0 Å². The van der Waals surface area contributed by atoms with Crippen molar-refractivity contribution in [2.24, 2.45) is 5.92 Å². The van der Waals surface area contributed by atoms with Gasteiger partial charge in [0.2, 0.25) is 15.9 Å². The van der Waals surface area contributed by atoms with Crippen molar-refractivity contribution in [3.05, 3.63) is 53.2 Å². The molecular weight excluding hydrogens is 450 g/mol. The van der Waals surface area contributed by atoms with Gasteiger partial charge in [-0.25, -0.2) is 13.4 Å². The van der Waals surface area contributed by atoms with Crippen LogP contribution in [-0.4, -0.2) is 67.8 Å². The van der Waals surface area contributed by atoms with Gasteiger partial charge < -0.3 is 9.80 Å². The average molecular weight is 474 g/mol. The Bertz CT molecular complexity index is 1120. The summed E-state index contributed by atoms with van der Waals surface area (Å²) in [5.41, 5.74) is 0.529. The van der Waals surface area contributed by atoms with E-state index in [1.807, 2.05) is 9.80 Å². The van der Waals surface area contributed by atoms with Gasteiger partial charge in [0.15, 0.2) is 0 Å². The molecule has 2 fully saturated rings. The molecule has 0 unspecified atom stereocenters. The van der Waals surface area contributed by atoms with Gasteiger partial charge in [-0.15, -0.1) is 0 Å². The summed E-state index contributed by atoms with van der Waals surface area (Å²) in [5.74, 6) is 0.556. The molecule has 0 atom stereocenters. The van der Waals surface area contributed by atoms with E-state index in [0.29, 0.717) is 68.5 Å². The van der Waals surface area contributed by atoms with Gasteiger partial charge in [-0.2, -0.15) is 9.57 Å². The van der Waals surface area contributed by atoms with Crippen LogP contribution in [0.2, 0.25) is 5.02 Å². The molecule has 0 spiro atoms. The predicted molar refractivity (Wildman–Crippen MR) is 121 cm³/mol. The molecule has 2 aliphatic heterocycles. The summed E-state index contributed by atoms with van der Waals surface area (Å²) >= 11 is 5.86. The molecular formula is C22H24ClN5O3S. The molecule has 0 aliphatic carbocycles. The molecule has 168 valence electrons. The summed E-state index contributed by atoms with van der Waals surface area (Å²) in [6.07, 6.45) is 2.68. The highest BCUT2D eigenvalue weighted by Gasteiger charge is 2.34. The van der Waals surface area contributed by atoms with E-state index >= 15 is 0 Å². The smallest absolute Gasteiger partial charge is 0.243 e. The fourth-order valence-corrected chi connectivity index (χ4v) is 5.83. The topological polar surface area (TPSA) is 97.6 Å². The van der Waals surface area contributed by atoms with Crippen LogP contribution in [0.15, 0.2) is 47.5 Å². The van der Waals surface area contributed by atoms with Crippen LogP contribution in [0.25, 0.3) is 0 Å². The van der Waals surface area contributed by atoms with Crippen molar-refractivity contribution in [2.75, 3.05) is 44.2 Å². The molecule has 32 heavy (non-hydrogen) atoms. The van der Waals surface area contributed by atoms with Crippen molar-refractivity contribution in [1.82, 2.24) is 14.2 Å². The van der Waals surface area contributed by atoms with Crippen molar-refractivity contribution in [3.8, 4) is 6.07 Å². The minimum atomic E-state index is -3.59. The fraction of sp³-hybridized carbons (Fsp3) is 0.409. The molecule has 1 amide bonds. The van der Waals surface area contributed by atoms with Crippen molar-refractivity contribution in [3.63, 3.8) is 0 Å². The molecule has 0 radical (unpaired) electrons. The maximum absolute atomic E-state index is 13.0. The summed E-state index contributed by atoms with van der Waals surface area (Å²) in [6.45, 7) is 2.98. The molecule has 1 aromatic carbocycles.